The zero-order valence-electron chi connectivity index (χ0n) is 38.1. The smallest absolute Gasteiger partial charge is 0.280 e. The number of carbonyl (C=O) groups excluding carboxylic acids is 3. The summed E-state index contributed by atoms with van der Waals surface area (Å²) in [7, 11) is 8.64. The first-order valence-corrected chi connectivity index (χ1v) is 22.0. The van der Waals surface area contributed by atoms with Crippen molar-refractivity contribution in [3.05, 3.63) is 113 Å². The third-order valence-corrected chi connectivity index (χ3v) is 11.8. The van der Waals surface area contributed by atoms with E-state index in [1.54, 1.807) is 74.5 Å². The molecule has 24 nitrogen and oxygen atoms in total. The summed E-state index contributed by atoms with van der Waals surface area (Å²) in [5.41, 5.74) is 3.18. The fourth-order valence-corrected chi connectivity index (χ4v) is 7.88. The van der Waals surface area contributed by atoms with Crippen LogP contribution in [0.25, 0.3) is 17.1 Å². The van der Waals surface area contributed by atoms with Gasteiger partial charge in [0, 0.05) is 88.8 Å². The van der Waals surface area contributed by atoms with E-state index < -0.39 is 5.91 Å². The number of aryl methyl sites for hydroxylation is 1. The molecule has 24 heteroatoms. The van der Waals surface area contributed by atoms with Crippen LogP contribution in [0.15, 0.2) is 90.2 Å². The molecule has 7 N–H and O–H groups in total. The molecule has 0 saturated heterocycles. The summed E-state index contributed by atoms with van der Waals surface area (Å²) < 4.78 is 11.0. The molecule has 2 aliphatic rings. The molecule has 352 valence electrons. The minimum absolute atomic E-state index is 0.0699. The van der Waals surface area contributed by atoms with E-state index in [2.05, 4.69) is 77.6 Å². The van der Waals surface area contributed by atoms with Crippen LogP contribution in [0.1, 0.15) is 50.5 Å². The van der Waals surface area contributed by atoms with Gasteiger partial charge in [-0.2, -0.15) is 24.3 Å². The molecule has 2 atom stereocenters. The minimum atomic E-state index is -0.433. The lowest BCUT2D eigenvalue weighted by molar-refractivity contribution is 0.0943. The van der Waals surface area contributed by atoms with Crippen molar-refractivity contribution in [3.8, 4) is 11.7 Å². The molecule has 0 aliphatic heterocycles. The van der Waals surface area contributed by atoms with Gasteiger partial charge in [0.1, 0.15) is 40.1 Å². The number of fused-ring (bicyclic) bond motifs is 2. The van der Waals surface area contributed by atoms with E-state index in [4.69, 9.17) is 4.74 Å². The molecule has 7 heterocycles. The molecule has 2 saturated carbocycles. The first kappa shape index (κ1) is 43.8. The van der Waals surface area contributed by atoms with Crippen LogP contribution in [0, 0.1) is 5.92 Å². The number of pyridine rings is 1. The van der Waals surface area contributed by atoms with Gasteiger partial charge in [0.25, 0.3) is 23.3 Å². The van der Waals surface area contributed by atoms with Crippen LogP contribution in [-0.2, 0) is 7.05 Å². The van der Waals surface area contributed by atoms with Gasteiger partial charge in [0.2, 0.25) is 5.88 Å². The maximum absolute atomic E-state index is 13.7. The highest BCUT2D eigenvalue weighted by Gasteiger charge is 2.39. The van der Waals surface area contributed by atoms with Crippen LogP contribution in [0.4, 0.5) is 46.0 Å². The molecule has 2 unspecified atom stereocenters. The number of hydrogen-bond acceptors (Lipinski definition) is 17. The van der Waals surface area contributed by atoms with Gasteiger partial charge in [0.15, 0.2) is 22.8 Å². The second-order valence-corrected chi connectivity index (χ2v) is 16.7. The van der Waals surface area contributed by atoms with Crippen molar-refractivity contribution in [1.29, 1.82) is 0 Å². The second-order valence-electron chi connectivity index (χ2n) is 16.7. The van der Waals surface area contributed by atoms with Crippen molar-refractivity contribution in [2.45, 2.75) is 31.3 Å². The van der Waals surface area contributed by atoms with Crippen LogP contribution in [0.5, 0.6) is 5.88 Å². The number of hydrogen-bond donors (Lipinski definition) is 7. The lowest BCUT2D eigenvalue weighted by Crippen LogP contribution is -2.30. The summed E-state index contributed by atoms with van der Waals surface area (Å²) in [6.07, 6.45) is 8.91. The lowest BCUT2D eigenvalue weighted by atomic mass is 10.2. The van der Waals surface area contributed by atoms with Gasteiger partial charge in [-0.25, -0.2) is 9.97 Å². The summed E-state index contributed by atoms with van der Waals surface area (Å²) in [6.45, 7) is 0.669. The fraction of sp³-hybridized carbons (Fsp3) is 0.267. The van der Waals surface area contributed by atoms with Crippen LogP contribution in [-0.4, -0.2) is 118 Å². The predicted molar refractivity (Wildman–Crippen MR) is 257 cm³/mol. The molecule has 0 spiro atoms. The molecule has 0 bridgehead atoms. The van der Waals surface area contributed by atoms with E-state index in [0.29, 0.717) is 69.7 Å². The molecule has 8 aromatic rings. The van der Waals surface area contributed by atoms with Crippen molar-refractivity contribution >= 4 is 75.0 Å². The molecule has 1 aromatic carbocycles. The summed E-state index contributed by atoms with van der Waals surface area (Å²) in [4.78, 5) is 65.2. The van der Waals surface area contributed by atoms with Crippen LogP contribution < -0.4 is 52.4 Å². The Labute approximate surface area is 392 Å². The van der Waals surface area contributed by atoms with Crippen LogP contribution in [0.2, 0.25) is 0 Å². The summed E-state index contributed by atoms with van der Waals surface area (Å²) in [6, 6.07) is 17.5. The number of benzene rings is 1. The van der Waals surface area contributed by atoms with E-state index in [9.17, 15) is 19.2 Å². The number of nitrogens with one attached hydrogen (secondary N) is 7. The minimum Gasteiger partial charge on any atom is -0.480 e. The first-order valence-electron chi connectivity index (χ1n) is 22.0. The maximum Gasteiger partial charge on any atom is 0.280 e. The van der Waals surface area contributed by atoms with Gasteiger partial charge in [-0.05, 0) is 67.6 Å². The third kappa shape index (κ3) is 8.96. The first-order chi connectivity index (χ1) is 33.5. The summed E-state index contributed by atoms with van der Waals surface area (Å²) in [5, 5.41) is 42.8. The standard InChI is InChI=1S/C45H47N19O5/c1-46-36-18-33(52-30-7-6-16-62(45(30)68)35-14-15-38(69-5)58-57-35)55-41-29(21-49-64(36)41)43(66)54-31-17-24(31)22-60(3)27-12-10-26(11-13-27)51-44(67)39-32(23-61(4)59-39)53-34-19-37(47-2)63-40(56-34)28(20-48-63)42(65)50-25-8-9-25/h6-7,10-16,18-21,23-25,31,46-47H,8-9,17,22H2,1-5H3,(H,50,65)(H,51,67)(H,52,55)(H,53,56)(H,54,66). The van der Waals surface area contributed by atoms with Gasteiger partial charge >= 0.3 is 0 Å². The number of aromatic nitrogens is 11. The maximum atomic E-state index is 13.7. The summed E-state index contributed by atoms with van der Waals surface area (Å²) in [5.74, 6) is 1.66. The van der Waals surface area contributed by atoms with Crippen molar-refractivity contribution in [3.63, 3.8) is 0 Å². The van der Waals surface area contributed by atoms with Gasteiger partial charge in [-0.1, -0.05) is 0 Å². The van der Waals surface area contributed by atoms with Crippen LogP contribution >= 0.6 is 0 Å². The largest absolute Gasteiger partial charge is 0.480 e. The quantitative estimate of drug-likeness (QED) is 0.0689. The zero-order chi connectivity index (χ0) is 47.9. The number of methoxy groups -OCH3 is 1. The Morgan fingerprint density at radius 2 is 1.46 bits per heavy atom. The van der Waals surface area contributed by atoms with Crippen molar-refractivity contribution in [1.82, 2.24) is 64.4 Å². The average molecular weight is 934 g/mol. The van der Waals surface area contributed by atoms with Gasteiger partial charge in [-0.3, -0.25) is 28.4 Å². The number of amides is 3. The summed E-state index contributed by atoms with van der Waals surface area (Å²) >= 11 is 0. The van der Waals surface area contributed by atoms with Crippen molar-refractivity contribution < 1.29 is 19.1 Å². The van der Waals surface area contributed by atoms with Crippen molar-refractivity contribution in [2.75, 3.05) is 66.3 Å². The topological polar surface area (TPSA) is 274 Å². The van der Waals surface area contributed by atoms with E-state index in [1.165, 1.54) is 33.3 Å². The number of anilines is 8. The van der Waals surface area contributed by atoms with E-state index in [-0.39, 0.29) is 52.3 Å². The SMILES string of the molecule is CNc1cc(Nc2cn(C)nc2C(=O)Nc2ccc(N(C)CC3CC3NC(=O)c3cnn4c(NC)cc(Nc5cccn(-c6ccc(OC)nn6)c5=O)nc34)cc2)nc2c(C(=O)NC3CC3)cnn12. The second kappa shape index (κ2) is 17.9. The highest BCUT2D eigenvalue weighted by atomic mass is 16.5. The highest BCUT2D eigenvalue weighted by molar-refractivity contribution is 6.07. The molecular formula is C45H47N19O5. The Balaban J connectivity index is 0.760. The Morgan fingerprint density at radius 1 is 0.812 bits per heavy atom. The third-order valence-electron chi connectivity index (χ3n) is 11.8. The van der Waals surface area contributed by atoms with Gasteiger partial charge in [0.05, 0.1) is 25.2 Å². The number of rotatable bonds is 17. The monoisotopic (exact) mass is 933 g/mol. The lowest BCUT2D eigenvalue weighted by Gasteiger charge is -2.20. The Bertz CT molecular complexity index is 3320. The average Bonchev–Trinajstić information content (AvgIpc) is 4.15. The van der Waals surface area contributed by atoms with E-state index in [1.807, 2.05) is 31.3 Å². The van der Waals surface area contributed by atoms with Crippen LogP contribution in [0.3, 0.4) is 0 Å². The Kier molecular flexibility index (Phi) is 11.4. The van der Waals surface area contributed by atoms with Crippen molar-refractivity contribution in [2.24, 2.45) is 13.0 Å². The predicted octanol–water partition coefficient (Wildman–Crippen LogP) is 3.42. The highest BCUT2D eigenvalue weighted by Crippen LogP contribution is 2.33. The zero-order valence-corrected chi connectivity index (χ0v) is 38.1. The number of carbonyl (C=O) groups is 3. The van der Waals surface area contributed by atoms with Gasteiger partial charge in [-0.15, -0.1) is 10.2 Å². The van der Waals surface area contributed by atoms with Gasteiger partial charge < -0.3 is 46.9 Å². The Hall–Kier alpha value is -9.09. The number of nitrogens with zero attached hydrogens (tertiary/aromatic N) is 12. The molecule has 2 aliphatic carbocycles. The normalized spacial score (nSPS) is 15.1. The molecule has 2 fully saturated rings. The Morgan fingerprint density at radius 3 is 2.07 bits per heavy atom. The molecule has 0 radical (unpaired) electrons. The molecule has 10 rings (SSSR count). The molecular weight excluding hydrogens is 887 g/mol. The fourth-order valence-electron chi connectivity index (χ4n) is 7.88. The molecule has 7 aromatic heterocycles. The molecule has 69 heavy (non-hydrogen) atoms. The van der Waals surface area contributed by atoms with E-state index >= 15 is 0 Å². The number of ether oxygens (including phenoxy) is 1. The molecule has 3 amide bonds. The van der Waals surface area contributed by atoms with E-state index in [0.717, 1.165) is 24.9 Å².